The lowest BCUT2D eigenvalue weighted by Crippen LogP contribution is -2.48. The lowest BCUT2D eigenvalue weighted by Gasteiger charge is -2.37. The molecular weight excluding hydrogens is 288 g/mol. The number of aromatic nitrogens is 4. The zero-order valence-corrected chi connectivity index (χ0v) is 11.1. The molecule has 3 N–H and O–H groups in total. The molecule has 0 radical (unpaired) electrons. The van der Waals surface area contributed by atoms with Crippen LogP contribution in [0.15, 0.2) is 12.7 Å². The van der Waals surface area contributed by atoms with Crippen LogP contribution in [0, 0.1) is 5.92 Å². The Morgan fingerprint density at radius 3 is 2.85 bits per heavy atom. The van der Waals surface area contributed by atoms with E-state index in [0.29, 0.717) is 11.2 Å². The minimum Gasteiger partial charge on any atom is -0.396 e. The van der Waals surface area contributed by atoms with Crippen LogP contribution < -0.4 is 0 Å². The topological polar surface area (TPSA) is 114 Å². The second-order valence-electron chi connectivity index (χ2n) is 4.64. The molecule has 0 saturated carbocycles. The maximum atomic E-state index is 10.1. The summed E-state index contributed by atoms with van der Waals surface area (Å²) >= 11 is 5.91. The second kappa shape index (κ2) is 5.23. The Morgan fingerprint density at radius 1 is 1.30 bits per heavy atom. The standard InChI is InChI=1S/C11H13ClN4O4/c12-9-6-10(14-3-13-9)16(4-15-6)11-8(19)7(18)5(1-17)2-20-11/h3-5,7-8,11,17-19H,1-2H2. The molecule has 3 rings (SSSR count). The highest BCUT2D eigenvalue weighted by molar-refractivity contribution is 6.33. The quantitative estimate of drug-likeness (QED) is 0.631. The van der Waals surface area contributed by atoms with Gasteiger partial charge in [0.05, 0.1) is 25.6 Å². The van der Waals surface area contributed by atoms with Crippen molar-refractivity contribution in [1.82, 2.24) is 19.5 Å². The van der Waals surface area contributed by atoms with Crippen molar-refractivity contribution < 1.29 is 20.1 Å². The highest BCUT2D eigenvalue weighted by Crippen LogP contribution is 2.30. The van der Waals surface area contributed by atoms with Crippen LogP contribution in [0.3, 0.4) is 0 Å². The molecule has 4 unspecified atom stereocenters. The third kappa shape index (κ3) is 2.05. The van der Waals surface area contributed by atoms with Crippen molar-refractivity contribution in [2.45, 2.75) is 18.4 Å². The minimum absolute atomic E-state index is 0.123. The van der Waals surface area contributed by atoms with E-state index >= 15 is 0 Å². The molecule has 0 aliphatic carbocycles. The van der Waals surface area contributed by atoms with E-state index in [-0.39, 0.29) is 18.4 Å². The number of rotatable bonds is 2. The Bertz CT molecular complexity index is 621. The van der Waals surface area contributed by atoms with Gasteiger partial charge >= 0.3 is 0 Å². The molecule has 108 valence electrons. The van der Waals surface area contributed by atoms with Crippen LogP contribution >= 0.6 is 11.6 Å². The van der Waals surface area contributed by atoms with E-state index < -0.39 is 24.4 Å². The summed E-state index contributed by atoms with van der Waals surface area (Å²) in [5.41, 5.74) is 0.799. The van der Waals surface area contributed by atoms with Gasteiger partial charge in [0.2, 0.25) is 0 Å². The van der Waals surface area contributed by atoms with Gasteiger partial charge in [-0.2, -0.15) is 0 Å². The highest BCUT2D eigenvalue weighted by Gasteiger charge is 2.39. The van der Waals surface area contributed by atoms with Crippen LogP contribution in [-0.2, 0) is 4.74 Å². The largest absolute Gasteiger partial charge is 0.396 e. The third-order valence-corrected chi connectivity index (χ3v) is 3.71. The molecule has 0 aromatic carbocycles. The van der Waals surface area contributed by atoms with Gasteiger partial charge in [-0.15, -0.1) is 0 Å². The summed E-state index contributed by atoms with van der Waals surface area (Å²) < 4.78 is 7.00. The van der Waals surface area contributed by atoms with Crippen molar-refractivity contribution in [1.29, 1.82) is 0 Å². The highest BCUT2D eigenvalue weighted by atomic mass is 35.5. The first-order valence-corrected chi connectivity index (χ1v) is 6.43. The van der Waals surface area contributed by atoms with Crippen LogP contribution in [0.25, 0.3) is 11.2 Å². The fourth-order valence-electron chi connectivity index (χ4n) is 2.28. The summed E-state index contributed by atoms with van der Waals surface area (Å²) in [6, 6.07) is 0. The number of nitrogens with zero attached hydrogens (tertiary/aromatic N) is 4. The van der Waals surface area contributed by atoms with E-state index in [1.807, 2.05) is 0 Å². The van der Waals surface area contributed by atoms with Gasteiger partial charge < -0.3 is 20.1 Å². The fraction of sp³-hybridized carbons (Fsp3) is 0.545. The van der Waals surface area contributed by atoms with E-state index in [1.54, 1.807) is 0 Å². The van der Waals surface area contributed by atoms with Gasteiger partial charge in [-0.3, -0.25) is 4.57 Å². The second-order valence-corrected chi connectivity index (χ2v) is 4.99. The number of aliphatic hydroxyl groups is 3. The Balaban J connectivity index is 1.97. The van der Waals surface area contributed by atoms with Gasteiger partial charge in [0.15, 0.2) is 17.0 Å². The average Bonchev–Trinajstić information content (AvgIpc) is 2.87. The molecule has 2 aromatic rings. The molecule has 9 heteroatoms. The number of hydrogen-bond acceptors (Lipinski definition) is 7. The van der Waals surface area contributed by atoms with Crippen LogP contribution in [-0.4, -0.2) is 60.3 Å². The van der Waals surface area contributed by atoms with E-state index in [4.69, 9.17) is 21.4 Å². The third-order valence-electron chi connectivity index (χ3n) is 3.43. The molecule has 8 nitrogen and oxygen atoms in total. The van der Waals surface area contributed by atoms with Gasteiger partial charge in [0, 0.05) is 5.92 Å². The molecule has 0 spiro atoms. The SMILES string of the molecule is OCC1COC(n2cnc3c(Cl)ncnc32)C(O)C1O. The molecule has 0 amide bonds. The van der Waals surface area contributed by atoms with Crippen molar-refractivity contribution in [2.75, 3.05) is 13.2 Å². The zero-order valence-electron chi connectivity index (χ0n) is 10.3. The maximum Gasteiger partial charge on any atom is 0.167 e. The van der Waals surface area contributed by atoms with Crippen LogP contribution in [0.2, 0.25) is 5.15 Å². The molecule has 20 heavy (non-hydrogen) atoms. The van der Waals surface area contributed by atoms with Gasteiger partial charge in [-0.1, -0.05) is 11.6 Å². The molecule has 1 aliphatic rings. The molecule has 2 aromatic heterocycles. The smallest absolute Gasteiger partial charge is 0.167 e. The van der Waals surface area contributed by atoms with Crippen LogP contribution in [0.5, 0.6) is 0 Å². The molecule has 1 saturated heterocycles. The Kier molecular flexibility index (Phi) is 3.57. The predicted octanol–water partition coefficient (Wildman–Crippen LogP) is -0.661. The summed E-state index contributed by atoms with van der Waals surface area (Å²) in [5, 5.41) is 29.4. The molecule has 0 bridgehead atoms. The normalized spacial score (nSPS) is 30.8. The van der Waals surface area contributed by atoms with E-state index in [2.05, 4.69) is 15.0 Å². The monoisotopic (exact) mass is 300 g/mol. The number of fused-ring (bicyclic) bond motifs is 1. The molecule has 4 atom stereocenters. The number of ether oxygens (including phenoxy) is 1. The Hall–Kier alpha value is -1.32. The number of hydrogen-bond donors (Lipinski definition) is 3. The number of halogens is 1. The van der Waals surface area contributed by atoms with Crippen molar-refractivity contribution in [2.24, 2.45) is 5.92 Å². The molecule has 1 aliphatic heterocycles. The first-order chi connectivity index (χ1) is 9.63. The summed E-state index contributed by atoms with van der Waals surface area (Å²) in [6.45, 7) is -0.137. The van der Waals surface area contributed by atoms with Crippen molar-refractivity contribution in [3.8, 4) is 0 Å². The summed E-state index contributed by atoms with van der Waals surface area (Å²) in [4.78, 5) is 12.0. The first-order valence-electron chi connectivity index (χ1n) is 6.05. The molecule has 1 fully saturated rings. The number of aliphatic hydroxyl groups excluding tert-OH is 3. The molecule has 3 heterocycles. The first kappa shape index (κ1) is 13.7. The summed E-state index contributed by atoms with van der Waals surface area (Å²) in [6.07, 6.45) is -0.430. The van der Waals surface area contributed by atoms with Crippen molar-refractivity contribution in [3.05, 3.63) is 17.8 Å². The van der Waals surface area contributed by atoms with Gasteiger partial charge in [0.25, 0.3) is 0 Å². The maximum absolute atomic E-state index is 10.1. The Labute approximate surface area is 118 Å². The van der Waals surface area contributed by atoms with Gasteiger partial charge in [0.1, 0.15) is 17.9 Å². The van der Waals surface area contributed by atoms with E-state index in [9.17, 15) is 10.2 Å². The van der Waals surface area contributed by atoms with Crippen LogP contribution in [0.4, 0.5) is 0 Å². The van der Waals surface area contributed by atoms with Gasteiger partial charge in [-0.25, -0.2) is 15.0 Å². The summed E-state index contributed by atoms with van der Waals surface area (Å²) in [7, 11) is 0. The average molecular weight is 301 g/mol. The van der Waals surface area contributed by atoms with Crippen LogP contribution in [0.1, 0.15) is 6.23 Å². The minimum atomic E-state index is -1.20. The van der Waals surface area contributed by atoms with E-state index in [1.165, 1.54) is 17.2 Å². The predicted molar refractivity (Wildman–Crippen MR) is 67.9 cm³/mol. The fourth-order valence-corrected chi connectivity index (χ4v) is 2.46. The van der Waals surface area contributed by atoms with Crippen molar-refractivity contribution >= 4 is 22.8 Å². The lowest BCUT2D eigenvalue weighted by atomic mass is 9.95. The summed E-state index contributed by atoms with van der Waals surface area (Å²) in [5.74, 6) is -0.519. The van der Waals surface area contributed by atoms with Gasteiger partial charge in [-0.05, 0) is 0 Å². The zero-order chi connectivity index (χ0) is 14.3. The van der Waals surface area contributed by atoms with Crippen molar-refractivity contribution in [3.63, 3.8) is 0 Å². The Morgan fingerprint density at radius 2 is 2.10 bits per heavy atom. The van der Waals surface area contributed by atoms with E-state index in [0.717, 1.165) is 0 Å². The molecular formula is C11H13ClN4O4. The lowest BCUT2D eigenvalue weighted by molar-refractivity contribution is -0.196. The number of imidazole rings is 1.